The summed E-state index contributed by atoms with van der Waals surface area (Å²) in [5.74, 6) is 4.02. The van der Waals surface area contributed by atoms with Crippen molar-refractivity contribution in [2.75, 3.05) is 38.1 Å². The van der Waals surface area contributed by atoms with Gasteiger partial charge in [0.05, 0.1) is 5.56 Å². The van der Waals surface area contributed by atoms with Crippen LogP contribution in [0.1, 0.15) is 17.3 Å². The lowest BCUT2D eigenvalue weighted by molar-refractivity contribution is 0.0639. The second-order valence-electron chi connectivity index (χ2n) is 4.39. The Morgan fingerprint density at radius 2 is 2.16 bits per heavy atom. The minimum absolute atomic E-state index is 0.00731. The fourth-order valence-electron chi connectivity index (χ4n) is 2.15. The molecule has 1 aromatic rings. The van der Waals surface area contributed by atoms with Gasteiger partial charge in [0.1, 0.15) is 0 Å². The molecule has 0 aromatic carbocycles. The Kier molecular flexibility index (Phi) is 4.28. The summed E-state index contributed by atoms with van der Waals surface area (Å²) in [5.41, 5.74) is 2.15. The van der Waals surface area contributed by atoms with E-state index in [1.807, 2.05) is 0 Å². The average molecular weight is 267 g/mol. The predicted octanol–water partition coefficient (Wildman–Crippen LogP) is 0.284. The Hall–Kier alpha value is -1.73. The third-order valence-electron chi connectivity index (χ3n) is 3.36. The number of anilines is 1. The second-order valence-corrected chi connectivity index (χ2v) is 4.39. The van der Waals surface area contributed by atoms with Crippen molar-refractivity contribution in [3.63, 3.8) is 0 Å². The highest BCUT2D eigenvalue weighted by molar-refractivity contribution is 5.95. The van der Waals surface area contributed by atoms with Crippen molar-refractivity contribution < 1.29 is 9.18 Å². The van der Waals surface area contributed by atoms with Crippen molar-refractivity contribution in [2.45, 2.75) is 6.92 Å². The average Bonchev–Trinajstić information content (AvgIpc) is 2.47. The van der Waals surface area contributed by atoms with Crippen LogP contribution in [0.5, 0.6) is 0 Å². The van der Waals surface area contributed by atoms with Crippen LogP contribution in [0.4, 0.5) is 10.2 Å². The lowest BCUT2D eigenvalue weighted by Gasteiger charge is -2.34. The number of nitrogens with one attached hydrogen (secondary N) is 1. The van der Waals surface area contributed by atoms with Crippen molar-refractivity contribution in [3.05, 3.63) is 23.6 Å². The molecule has 0 unspecified atom stereocenters. The van der Waals surface area contributed by atoms with E-state index in [0.29, 0.717) is 13.1 Å². The van der Waals surface area contributed by atoms with Crippen molar-refractivity contribution in [1.29, 1.82) is 0 Å². The number of nitrogens with zero attached hydrogens (tertiary/aromatic N) is 3. The molecule has 1 amide bonds. The standard InChI is InChI=1S/C12H18FN5O/c1-2-17-5-7-18(8-6-17)12(19)9-3-4-15-11(16-14)10(9)13/h3-4H,2,5-8,14H2,1H3,(H,15,16). The van der Waals surface area contributed by atoms with Crippen LogP contribution < -0.4 is 11.3 Å². The first-order chi connectivity index (χ1) is 9.17. The third-order valence-corrected chi connectivity index (χ3v) is 3.36. The van der Waals surface area contributed by atoms with E-state index in [1.165, 1.54) is 12.3 Å². The molecule has 0 atom stereocenters. The molecule has 0 radical (unpaired) electrons. The monoisotopic (exact) mass is 267 g/mol. The fourth-order valence-corrected chi connectivity index (χ4v) is 2.15. The van der Waals surface area contributed by atoms with Crippen LogP contribution in [-0.2, 0) is 0 Å². The quantitative estimate of drug-likeness (QED) is 0.608. The van der Waals surface area contributed by atoms with Gasteiger partial charge in [-0.3, -0.25) is 4.79 Å². The van der Waals surface area contributed by atoms with Gasteiger partial charge in [-0.2, -0.15) is 0 Å². The summed E-state index contributed by atoms with van der Waals surface area (Å²) in [6.45, 7) is 5.90. The number of amides is 1. The number of hydrogen-bond donors (Lipinski definition) is 2. The van der Waals surface area contributed by atoms with Gasteiger partial charge in [0.25, 0.3) is 5.91 Å². The summed E-state index contributed by atoms with van der Waals surface area (Å²) in [6, 6.07) is 1.38. The molecule has 0 aliphatic carbocycles. The van der Waals surface area contributed by atoms with Crippen molar-refractivity contribution in [2.24, 2.45) is 5.84 Å². The van der Waals surface area contributed by atoms with E-state index in [-0.39, 0.29) is 17.3 Å². The van der Waals surface area contributed by atoms with Gasteiger partial charge in [0, 0.05) is 32.4 Å². The number of hydrogen-bond acceptors (Lipinski definition) is 5. The molecule has 104 valence electrons. The van der Waals surface area contributed by atoms with Crippen molar-refractivity contribution in [3.8, 4) is 0 Å². The molecule has 2 rings (SSSR count). The van der Waals surface area contributed by atoms with Crippen LogP contribution in [0.3, 0.4) is 0 Å². The third kappa shape index (κ3) is 2.82. The summed E-state index contributed by atoms with van der Waals surface area (Å²) in [7, 11) is 0. The normalized spacial score (nSPS) is 16.5. The summed E-state index contributed by atoms with van der Waals surface area (Å²) < 4.78 is 14.0. The van der Waals surface area contributed by atoms with Crippen LogP contribution in [0.25, 0.3) is 0 Å². The van der Waals surface area contributed by atoms with E-state index in [0.717, 1.165) is 19.6 Å². The molecule has 0 spiro atoms. The van der Waals surface area contributed by atoms with Gasteiger partial charge in [-0.05, 0) is 12.6 Å². The molecule has 1 aliphatic rings. The van der Waals surface area contributed by atoms with Crippen molar-refractivity contribution in [1.82, 2.24) is 14.8 Å². The molecule has 7 heteroatoms. The van der Waals surface area contributed by atoms with Crippen LogP contribution in [0.2, 0.25) is 0 Å². The number of nitrogens with two attached hydrogens (primary N) is 1. The largest absolute Gasteiger partial charge is 0.336 e. The fraction of sp³-hybridized carbons (Fsp3) is 0.500. The van der Waals surface area contributed by atoms with Gasteiger partial charge < -0.3 is 15.2 Å². The molecule has 1 saturated heterocycles. The summed E-state index contributed by atoms with van der Waals surface area (Å²) in [6.07, 6.45) is 1.37. The zero-order chi connectivity index (χ0) is 13.8. The van der Waals surface area contributed by atoms with Gasteiger partial charge >= 0.3 is 0 Å². The Bertz CT molecular complexity index is 459. The molecule has 0 saturated carbocycles. The van der Waals surface area contributed by atoms with E-state index in [1.54, 1.807) is 4.90 Å². The number of pyridine rings is 1. The summed E-state index contributed by atoms with van der Waals surface area (Å²) in [5, 5.41) is 0. The smallest absolute Gasteiger partial charge is 0.257 e. The van der Waals surface area contributed by atoms with E-state index in [2.05, 4.69) is 22.2 Å². The number of piperazine rings is 1. The van der Waals surface area contributed by atoms with E-state index < -0.39 is 5.82 Å². The maximum atomic E-state index is 14.0. The second kappa shape index (κ2) is 5.94. The zero-order valence-electron chi connectivity index (χ0n) is 10.9. The number of aromatic nitrogens is 1. The van der Waals surface area contributed by atoms with Gasteiger partial charge in [-0.1, -0.05) is 6.92 Å². The summed E-state index contributed by atoms with van der Waals surface area (Å²) >= 11 is 0. The van der Waals surface area contributed by atoms with Gasteiger partial charge in [0.15, 0.2) is 11.6 Å². The van der Waals surface area contributed by atoms with Gasteiger partial charge in [-0.25, -0.2) is 15.2 Å². The number of carbonyl (C=O) groups is 1. The molecule has 1 aromatic heterocycles. The molecular formula is C12H18FN5O. The lowest BCUT2D eigenvalue weighted by atomic mass is 10.2. The van der Waals surface area contributed by atoms with Crippen molar-refractivity contribution >= 4 is 11.7 Å². The topological polar surface area (TPSA) is 74.5 Å². The first-order valence-corrected chi connectivity index (χ1v) is 6.30. The van der Waals surface area contributed by atoms with Gasteiger partial charge in [0.2, 0.25) is 0 Å². The molecule has 1 aliphatic heterocycles. The number of nitrogen functional groups attached to an aromatic ring is 1. The molecule has 6 nitrogen and oxygen atoms in total. The Labute approximate surface area is 111 Å². The van der Waals surface area contributed by atoms with Crippen LogP contribution in [-0.4, -0.2) is 53.4 Å². The minimum Gasteiger partial charge on any atom is -0.336 e. The SMILES string of the molecule is CCN1CCN(C(=O)c2ccnc(NN)c2F)CC1. The zero-order valence-corrected chi connectivity index (χ0v) is 10.9. The number of halogens is 1. The Morgan fingerprint density at radius 3 is 2.74 bits per heavy atom. The lowest BCUT2D eigenvalue weighted by Crippen LogP contribution is -2.48. The maximum absolute atomic E-state index is 14.0. The number of likely N-dealkylation sites (N-methyl/N-ethyl adjacent to an activating group) is 1. The highest BCUT2D eigenvalue weighted by Gasteiger charge is 2.24. The molecule has 3 N–H and O–H groups in total. The Morgan fingerprint density at radius 1 is 1.47 bits per heavy atom. The highest BCUT2D eigenvalue weighted by atomic mass is 19.1. The first kappa shape index (κ1) is 13.7. The van der Waals surface area contributed by atoms with Crippen LogP contribution >= 0.6 is 0 Å². The predicted molar refractivity (Wildman–Crippen MR) is 70.0 cm³/mol. The first-order valence-electron chi connectivity index (χ1n) is 6.30. The number of hydrazine groups is 1. The maximum Gasteiger partial charge on any atom is 0.257 e. The molecule has 1 fully saturated rings. The molecule has 0 bridgehead atoms. The van der Waals surface area contributed by atoms with E-state index in [4.69, 9.17) is 5.84 Å². The molecular weight excluding hydrogens is 249 g/mol. The Balaban J connectivity index is 2.12. The van der Waals surface area contributed by atoms with Crippen LogP contribution in [0, 0.1) is 5.82 Å². The summed E-state index contributed by atoms with van der Waals surface area (Å²) in [4.78, 5) is 19.9. The van der Waals surface area contributed by atoms with E-state index >= 15 is 0 Å². The van der Waals surface area contributed by atoms with Gasteiger partial charge in [-0.15, -0.1) is 0 Å². The highest BCUT2D eigenvalue weighted by Crippen LogP contribution is 2.17. The molecule has 19 heavy (non-hydrogen) atoms. The number of rotatable bonds is 3. The van der Waals surface area contributed by atoms with E-state index in [9.17, 15) is 9.18 Å². The van der Waals surface area contributed by atoms with Crippen LogP contribution in [0.15, 0.2) is 12.3 Å². The number of carbonyl (C=O) groups excluding carboxylic acids is 1. The molecule has 2 heterocycles. The minimum atomic E-state index is -0.701.